The van der Waals surface area contributed by atoms with Crippen molar-refractivity contribution >= 4 is 34.3 Å². The normalized spacial score (nSPS) is 11.1. The lowest BCUT2D eigenvalue weighted by Gasteiger charge is -2.13. The predicted molar refractivity (Wildman–Crippen MR) is 110 cm³/mol. The third-order valence-corrected chi connectivity index (χ3v) is 5.43. The molecule has 0 saturated carbocycles. The molecule has 0 spiro atoms. The molecule has 2 heterocycles. The van der Waals surface area contributed by atoms with E-state index in [4.69, 9.17) is 4.74 Å². The van der Waals surface area contributed by atoms with Crippen molar-refractivity contribution in [3.8, 4) is 0 Å². The van der Waals surface area contributed by atoms with Crippen LogP contribution < -0.4 is 10.9 Å². The minimum atomic E-state index is -0.176. The molecule has 2 aromatic heterocycles. The molecule has 3 rings (SSSR count). The van der Waals surface area contributed by atoms with Gasteiger partial charge in [-0.25, -0.2) is 4.98 Å². The highest BCUT2D eigenvalue weighted by molar-refractivity contribution is 7.99. The third-order valence-electron chi connectivity index (χ3n) is 4.45. The summed E-state index contributed by atoms with van der Waals surface area (Å²) in [5.41, 5.74) is 2.85. The van der Waals surface area contributed by atoms with Crippen LogP contribution in [0.4, 0.5) is 5.69 Å². The predicted octanol–water partition coefficient (Wildman–Crippen LogP) is 2.12. The molecule has 0 atom stereocenters. The fraction of sp³-hybridized carbons (Fsp3) is 0.368. The molecule has 9 heteroatoms. The van der Waals surface area contributed by atoms with Gasteiger partial charge in [0.05, 0.1) is 46.9 Å². The van der Waals surface area contributed by atoms with Gasteiger partial charge in [0.1, 0.15) is 0 Å². The van der Waals surface area contributed by atoms with Crippen LogP contribution in [0.15, 0.2) is 34.2 Å². The molecule has 0 aliphatic heterocycles. The van der Waals surface area contributed by atoms with E-state index in [1.54, 1.807) is 28.5 Å². The Kier molecular flexibility index (Phi) is 6.15. The Labute approximate surface area is 166 Å². The number of para-hydroxylation sites is 1. The van der Waals surface area contributed by atoms with Crippen LogP contribution in [0.3, 0.4) is 0 Å². The third kappa shape index (κ3) is 4.10. The van der Waals surface area contributed by atoms with Gasteiger partial charge in [0.15, 0.2) is 5.16 Å². The van der Waals surface area contributed by atoms with Crippen molar-refractivity contribution in [1.29, 1.82) is 0 Å². The zero-order valence-electron chi connectivity index (χ0n) is 16.4. The van der Waals surface area contributed by atoms with E-state index < -0.39 is 0 Å². The molecule has 0 saturated heterocycles. The Morgan fingerprint density at radius 3 is 2.71 bits per heavy atom. The molecule has 1 amide bonds. The summed E-state index contributed by atoms with van der Waals surface area (Å²) in [4.78, 5) is 29.9. The minimum Gasteiger partial charge on any atom is -0.383 e. The van der Waals surface area contributed by atoms with Gasteiger partial charge in [0.25, 0.3) is 5.56 Å². The van der Waals surface area contributed by atoms with Gasteiger partial charge in [0.2, 0.25) is 5.91 Å². The van der Waals surface area contributed by atoms with Gasteiger partial charge in [-0.05, 0) is 26.0 Å². The summed E-state index contributed by atoms with van der Waals surface area (Å²) in [7, 11) is 3.42. The summed E-state index contributed by atoms with van der Waals surface area (Å²) in [6.45, 7) is 4.50. The number of hydrogen-bond donors (Lipinski definition) is 1. The summed E-state index contributed by atoms with van der Waals surface area (Å²) >= 11 is 1.23. The average Bonchev–Trinajstić information content (AvgIpc) is 2.92. The van der Waals surface area contributed by atoms with Crippen LogP contribution in [-0.2, 0) is 23.1 Å². The van der Waals surface area contributed by atoms with E-state index in [-0.39, 0.29) is 17.2 Å². The summed E-state index contributed by atoms with van der Waals surface area (Å²) in [5, 5.41) is 8.25. The Hall–Kier alpha value is -2.65. The van der Waals surface area contributed by atoms with E-state index >= 15 is 0 Å². The van der Waals surface area contributed by atoms with Gasteiger partial charge >= 0.3 is 0 Å². The second kappa shape index (κ2) is 8.57. The number of nitrogens with one attached hydrogen (secondary N) is 1. The maximum Gasteiger partial charge on any atom is 0.262 e. The van der Waals surface area contributed by atoms with Crippen molar-refractivity contribution in [2.45, 2.75) is 25.5 Å². The van der Waals surface area contributed by atoms with Crippen molar-refractivity contribution in [2.75, 3.05) is 24.8 Å². The van der Waals surface area contributed by atoms with Crippen LogP contribution in [0, 0.1) is 13.8 Å². The average molecular weight is 401 g/mol. The number of amides is 1. The van der Waals surface area contributed by atoms with Crippen LogP contribution in [0.2, 0.25) is 0 Å². The van der Waals surface area contributed by atoms with Gasteiger partial charge in [0, 0.05) is 14.2 Å². The highest BCUT2D eigenvalue weighted by Gasteiger charge is 2.15. The number of aromatic nitrogens is 4. The monoisotopic (exact) mass is 401 g/mol. The van der Waals surface area contributed by atoms with E-state index in [2.05, 4.69) is 15.4 Å². The number of fused-ring (bicyclic) bond motifs is 1. The van der Waals surface area contributed by atoms with Crippen LogP contribution in [-0.4, -0.2) is 44.7 Å². The van der Waals surface area contributed by atoms with Crippen LogP contribution in [0.1, 0.15) is 11.4 Å². The first-order chi connectivity index (χ1) is 13.4. The van der Waals surface area contributed by atoms with Crippen LogP contribution >= 0.6 is 11.8 Å². The lowest BCUT2D eigenvalue weighted by atomic mass is 10.2. The highest BCUT2D eigenvalue weighted by atomic mass is 32.2. The van der Waals surface area contributed by atoms with Gasteiger partial charge in [-0.2, -0.15) is 5.10 Å². The molecule has 0 aliphatic carbocycles. The number of methoxy groups -OCH3 is 1. The maximum absolute atomic E-state index is 12.8. The Bertz CT molecular complexity index is 1070. The number of anilines is 1. The summed E-state index contributed by atoms with van der Waals surface area (Å²) in [6, 6.07) is 7.20. The van der Waals surface area contributed by atoms with Gasteiger partial charge < -0.3 is 10.1 Å². The minimum absolute atomic E-state index is 0.130. The van der Waals surface area contributed by atoms with Gasteiger partial charge in [-0.1, -0.05) is 23.9 Å². The van der Waals surface area contributed by atoms with Crippen molar-refractivity contribution in [3.05, 3.63) is 46.0 Å². The molecule has 0 bridgehead atoms. The number of thioether (sulfide) groups is 1. The Morgan fingerprint density at radius 1 is 1.29 bits per heavy atom. The van der Waals surface area contributed by atoms with Crippen LogP contribution in [0.5, 0.6) is 0 Å². The highest BCUT2D eigenvalue weighted by Crippen LogP contribution is 2.21. The maximum atomic E-state index is 12.8. The number of aryl methyl sites for hydroxylation is 2. The topological polar surface area (TPSA) is 91.0 Å². The molecule has 148 valence electrons. The van der Waals surface area contributed by atoms with E-state index in [0.717, 1.165) is 17.1 Å². The summed E-state index contributed by atoms with van der Waals surface area (Å²) in [5.74, 6) is -0.0455. The first kappa shape index (κ1) is 20.1. The van der Waals surface area contributed by atoms with Crippen molar-refractivity contribution < 1.29 is 9.53 Å². The second-order valence-electron chi connectivity index (χ2n) is 6.37. The number of benzene rings is 1. The molecule has 3 aromatic rings. The zero-order valence-corrected chi connectivity index (χ0v) is 17.2. The lowest BCUT2D eigenvalue weighted by Crippen LogP contribution is -2.26. The number of ether oxygens (including phenoxy) is 1. The smallest absolute Gasteiger partial charge is 0.262 e. The number of carbonyl (C=O) groups excluding carboxylic acids is 1. The molecular weight excluding hydrogens is 378 g/mol. The van der Waals surface area contributed by atoms with Gasteiger partial charge in [-0.15, -0.1) is 0 Å². The van der Waals surface area contributed by atoms with E-state index in [1.807, 2.05) is 33.0 Å². The molecule has 0 radical (unpaired) electrons. The number of hydrogen-bond acceptors (Lipinski definition) is 6. The van der Waals surface area contributed by atoms with Crippen molar-refractivity contribution in [2.24, 2.45) is 7.05 Å². The fourth-order valence-electron chi connectivity index (χ4n) is 2.90. The Balaban J connectivity index is 1.82. The number of nitrogens with zero attached hydrogens (tertiary/aromatic N) is 4. The molecule has 0 unspecified atom stereocenters. The van der Waals surface area contributed by atoms with E-state index in [1.165, 1.54) is 11.8 Å². The van der Waals surface area contributed by atoms with E-state index in [0.29, 0.717) is 29.2 Å². The largest absolute Gasteiger partial charge is 0.383 e. The standard InChI is InChI=1S/C19H23N5O3S/c1-12-17(13(2)23(3)22-12)21-16(25)11-28-19-20-15-8-6-5-7-14(15)18(26)24(19)9-10-27-4/h5-8H,9-11H2,1-4H3,(H,21,25). The SMILES string of the molecule is COCCn1c(SCC(=O)Nc2c(C)nn(C)c2C)nc2ccccc2c1=O. The second-order valence-corrected chi connectivity index (χ2v) is 7.31. The molecule has 1 aromatic carbocycles. The van der Waals surface area contributed by atoms with Gasteiger partial charge in [-0.3, -0.25) is 18.8 Å². The molecular formula is C19H23N5O3S. The van der Waals surface area contributed by atoms with Crippen molar-refractivity contribution in [1.82, 2.24) is 19.3 Å². The molecule has 28 heavy (non-hydrogen) atoms. The first-order valence-electron chi connectivity index (χ1n) is 8.83. The zero-order chi connectivity index (χ0) is 20.3. The molecule has 0 aliphatic rings. The summed E-state index contributed by atoms with van der Waals surface area (Å²) < 4.78 is 8.40. The lowest BCUT2D eigenvalue weighted by molar-refractivity contribution is -0.113. The first-order valence-corrected chi connectivity index (χ1v) is 9.82. The van der Waals surface area contributed by atoms with E-state index in [9.17, 15) is 9.59 Å². The number of rotatable bonds is 7. The van der Waals surface area contributed by atoms with Crippen LogP contribution in [0.25, 0.3) is 10.9 Å². The molecule has 8 nitrogen and oxygen atoms in total. The quantitative estimate of drug-likeness (QED) is 0.482. The van der Waals surface area contributed by atoms with Crippen molar-refractivity contribution in [3.63, 3.8) is 0 Å². The number of carbonyl (C=O) groups is 1. The Morgan fingerprint density at radius 2 is 2.04 bits per heavy atom. The summed E-state index contributed by atoms with van der Waals surface area (Å²) in [6.07, 6.45) is 0. The molecule has 0 fully saturated rings. The molecule has 1 N–H and O–H groups in total. The fourth-order valence-corrected chi connectivity index (χ4v) is 3.72.